The van der Waals surface area contributed by atoms with Gasteiger partial charge in [0.15, 0.2) is 0 Å². The molecule has 2 aromatic rings. The molecule has 0 bridgehead atoms. The maximum atomic E-state index is 12.3. The monoisotopic (exact) mass is 554 g/mol. The van der Waals surface area contributed by atoms with Crippen LogP contribution in [-0.2, 0) is 35.5 Å². The maximum Gasteiger partial charge on any atom is 0.490 e. The van der Waals surface area contributed by atoms with Crippen LogP contribution in [0.1, 0.15) is 16.8 Å². The SMILES string of the molecule is CN(C)CCn1c2c(ccc1=O)CCN(Cc1cccnc1)CC2.O=C(O)C(F)(F)F.O=C(O)C(F)(F)F. The van der Waals surface area contributed by atoms with Gasteiger partial charge in [-0.3, -0.25) is 14.7 Å². The number of aromatic nitrogens is 2. The van der Waals surface area contributed by atoms with Gasteiger partial charge in [0.2, 0.25) is 0 Å². The topological polar surface area (TPSA) is 116 Å². The molecule has 9 nitrogen and oxygen atoms in total. The number of pyridine rings is 2. The number of fused-ring (bicyclic) bond motifs is 1. The summed E-state index contributed by atoms with van der Waals surface area (Å²) in [5.41, 5.74) is 3.91. The van der Waals surface area contributed by atoms with E-state index in [2.05, 4.69) is 20.9 Å². The van der Waals surface area contributed by atoms with Crippen LogP contribution in [0.5, 0.6) is 0 Å². The minimum atomic E-state index is -5.08. The molecule has 38 heavy (non-hydrogen) atoms. The van der Waals surface area contributed by atoms with Crippen LogP contribution in [0.4, 0.5) is 26.3 Å². The van der Waals surface area contributed by atoms with Gasteiger partial charge in [0.1, 0.15) is 0 Å². The van der Waals surface area contributed by atoms with Crippen LogP contribution in [0.2, 0.25) is 0 Å². The van der Waals surface area contributed by atoms with Gasteiger partial charge in [-0.1, -0.05) is 12.1 Å². The van der Waals surface area contributed by atoms with Crippen molar-refractivity contribution in [1.82, 2.24) is 19.4 Å². The first-order valence-electron chi connectivity index (χ1n) is 11.1. The highest BCUT2D eigenvalue weighted by atomic mass is 19.4. The lowest BCUT2D eigenvalue weighted by atomic mass is 10.1. The predicted molar refractivity (Wildman–Crippen MR) is 124 cm³/mol. The Balaban J connectivity index is 0.000000426. The van der Waals surface area contributed by atoms with Crippen molar-refractivity contribution < 1.29 is 46.1 Å². The van der Waals surface area contributed by atoms with Crippen LogP contribution in [-0.4, -0.2) is 87.6 Å². The van der Waals surface area contributed by atoms with Crippen LogP contribution >= 0.6 is 0 Å². The van der Waals surface area contributed by atoms with Gasteiger partial charge in [-0.2, -0.15) is 26.3 Å². The van der Waals surface area contributed by atoms with E-state index in [0.29, 0.717) is 0 Å². The number of carboxylic acid groups (broad SMARTS) is 2. The van der Waals surface area contributed by atoms with Crippen molar-refractivity contribution in [2.45, 2.75) is 38.3 Å². The molecule has 1 aliphatic rings. The fourth-order valence-corrected chi connectivity index (χ4v) is 3.30. The minimum absolute atomic E-state index is 0.122. The van der Waals surface area contributed by atoms with Gasteiger partial charge >= 0.3 is 24.3 Å². The lowest BCUT2D eigenvalue weighted by Gasteiger charge is -2.19. The molecule has 0 atom stereocenters. The summed E-state index contributed by atoms with van der Waals surface area (Å²) in [6.07, 6.45) is -4.49. The summed E-state index contributed by atoms with van der Waals surface area (Å²) in [6.45, 7) is 4.57. The van der Waals surface area contributed by atoms with Crippen LogP contribution in [0, 0.1) is 0 Å². The van der Waals surface area contributed by atoms with Gasteiger partial charge in [0, 0.05) is 63.3 Å². The van der Waals surface area contributed by atoms with Gasteiger partial charge in [0.25, 0.3) is 5.56 Å². The summed E-state index contributed by atoms with van der Waals surface area (Å²) in [4.78, 5) is 38.9. The van der Waals surface area contributed by atoms with E-state index >= 15 is 0 Å². The molecule has 212 valence electrons. The number of alkyl halides is 6. The Morgan fingerprint density at radius 2 is 1.53 bits per heavy atom. The number of likely N-dealkylation sites (N-methyl/N-ethyl adjacent to an activating group) is 1. The second kappa shape index (κ2) is 14.5. The number of aliphatic carboxylic acids is 2. The molecular weight excluding hydrogens is 526 g/mol. The van der Waals surface area contributed by atoms with Crippen LogP contribution < -0.4 is 5.56 Å². The molecule has 0 saturated heterocycles. The highest BCUT2D eigenvalue weighted by Crippen LogP contribution is 2.16. The Hall–Kier alpha value is -3.46. The third-order valence-electron chi connectivity index (χ3n) is 5.14. The first kappa shape index (κ1) is 32.6. The van der Waals surface area contributed by atoms with Gasteiger partial charge in [-0.15, -0.1) is 0 Å². The number of carbonyl (C=O) groups is 2. The van der Waals surface area contributed by atoms with Crippen molar-refractivity contribution in [2.24, 2.45) is 0 Å². The Kier molecular flexibility index (Phi) is 12.4. The van der Waals surface area contributed by atoms with Crippen LogP contribution in [0.25, 0.3) is 0 Å². The first-order valence-corrected chi connectivity index (χ1v) is 11.1. The van der Waals surface area contributed by atoms with E-state index in [1.807, 2.05) is 43.2 Å². The molecule has 0 amide bonds. The van der Waals surface area contributed by atoms with Crippen molar-refractivity contribution in [3.05, 3.63) is 63.8 Å². The zero-order valence-electron chi connectivity index (χ0n) is 20.6. The largest absolute Gasteiger partial charge is 0.490 e. The number of halogens is 6. The Labute approximate surface area is 213 Å². The minimum Gasteiger partial charge on any atom is -0.475 e. The third kappa shape index (κ3) is 11.7. The molecule has 3 rings (SSSR count). The molecule has 15 heteroatoms. The molecule has 0 aromatic carbocycles. The predicted octanol–water partition coefficient (Wildman–Crippen LogP) is 2.67. The summed E-state index contributed by atoms with van der Waals surface area (Å²) < 4.78 is 65.4. The van der Waals surface area contributed by atoms with E-state index < -0.39 is 24.3 Å². The molecule has 0 saturated carbocycles. The summed E-state index contributed by atoms with van der Waals surface area (Å²) in [5.74, 6) is -5.51. The van der Waals surface area contributed by atoms with E-state index in [4.69, 9.17) is 19.8 Å². The lowest BCUT2D eigenvalue weighted by molar-refractivity contribution is -0.193. The Bertz CT molecular complexity index is 1080. The van der Waals surface area contributed by atoms with E-state index in [9.17, 15) is 31.1 Å². The number of hydrogen-bond acceptors (Lipinski definition) is 6. The van der Waals surface area contributed by atoms with Gasteiger partial charge < -0.3 is 19.7 Å². The maximum absolute atomic E-state index is 12.3. The molecule has 1 aliphatic heterocycles. The van der Waals surface area contributed by atoms with Crippen LogP contribution in [0.3, 0.4) is 0 Å². The quantitative estimate of drug-likeness (QED) is 0.543. The molecule has 0 aliphatic carbocycles. The molecule has 3 heterocycles. The molecule has 0 spiro atoms. The highest BCUT2D eigenvalue weighted by Gasteiger charge is 2.38. The van der Waals surface area contributed by atoms with E-state index in [0.717, 1.165) is 45.6 Å². The zero-order valence-corrected chi connectivity index (χ0v) is 20.6. The van der Waals surface area contributed by atoms with Gasteiger partial charge in [0.05, 0.1) is 0 Å². The Morgan fingerprint density at radius 1 is 0.974 bits per heavy atom. The average Bonchev–Trinajstić information content (AvgIpc) is 3.01. The Morgan fingerprint density at radius 3 is 2.00 bits per heavy atom. The zero-order chi connectivity index (χ0) is 29.1. The first-order chi connectivity index (χ1) is 17.5. The average molecular weight is 554 g/mol. The standard InChI is InChI=1S/C19H26N4O.2C2HF3O2/c1-21(2)12-13-23-18-8-11-22(15-16-4-3-9-20-14-16)10-7-17(18)5-6-19(23)24;2*3-2(4,5)1(6)7/h3-6,9,14H,7-8,10-13,15H2,1-2H3;2*(H,6,7). The summed E-state index contributed by atoms with van der Waals surface area (Å²) in [7, 11) is 4.09. The van der Waals surface area contributed by atoms with Crippen molar-refractivity contribution >= 4 is 11.9 Å². The molecule has 0 fully saturated rings. The van der Waals surface area contributed by atoms with Crippen molar-refractivity contribution in [3.63, 3.8) is 0 Å². The van der Waals surface area contributed by atoms with Crippen molar-refractivity contribution in [2.75, 3.05) is 33.7 Å². The van der Waals surface area contributed by atoms with Gasteiger partial charge in [-0.05, 0) is 37.7 Å². The van der Waals surface area contributed by atoms with Gasteiger partial charge in [-0.25, -0.2) is 9.59 Å². The third-order valence-corrected chi connectivity index (χ3v) is 5.14. The van der Waals surface area contributed by atoms with E-state index in [1.165, 1.54) is 16.8 Å². The molecule has 2 N–H and O–H groups in total. The fourth-order valence-electron chi connectivity index (χ4n) is 3.30. The van der Waals surface area contributed by atoms with E-state index in [1.54, 1.807) is 6.07 Å². The second-order valence-corrected chi connectivity index (χ2v) is 8.34. The summed E-state index contributed by atoms with van der Waals surface area (Å²) in [6, 6.07) is 7.86. The van der Waals surface area contributed by atoms with Crippen molar-refractivity contribution in [1.29, 1.82) is 0 Å². The summed E-state index contributed by atoms with van der Waals surface area (Å²) in [5, 5.41) is 14.2. The molecule has 0 radical (unpaired) electrons. The fraction of sp³-hybridized carbons (Fsp3) is 0.478. The number of nitrogens with zero attached hydrogens (tertiary/aromatic N) is 4. The second-order valence-electron chi connectivity index (χ2n) is 8.34. The molecule has 2 aromatic heterocycles. The van der Waals surface area contributed by atoms with Crippen LogP contribution in [0.15, 0.2) is 41.5 Å². The number of hydrogen-bond donors (Lipinski definition) is 2. The van der Waals surface area contributed by atoms with E-state index in [-0.39, 0.29) is 5.56 Å². The molecule has 0 unspecified atom stereocenters. The smallest absolute Gasteiger partial charge is 0.475 e. The number of carboxylic acids is 2. The number of rotatable bonds is 5. The summed E-state index contributed by atoms with van der Waals surface area (Å²) >= 11 is 0. The van der Waals surface area contributed by atoms with Crippen molar-refractivity contribution in [3.8, 4) is 0 Å². The molecular formula is C23H28F6N4O5. The highest BCUT2D eigenvalue weighted by molar-refractivity contribution is 5.73. The normalized spacial score (nSPS) is 13.8. The lowest BCUT2D eigenvalue weighted by Crippen LogP contribution is -2.30.